The van der Waals surface area contributed by atoms with Gasteiger partial charge in [0.2, 0.25) is 15.9 Å². The number of hydrogen-bond acceptors (Lipinski definition) is 4. The van der Waals surface area contributed by atoms with E-state index in [9.17, 15) is 17.6 Å². The molecule has 6 nitrogen and oxygen atoms in total. The quantitative estimate of drug-likeness (QED) is 0.225. The predicted octanol–water partition coefficient (Wildman–Crippen LogP) is 7.15. The maximum Gasteiger partial charge on any atom is 0.241 e. The summed E-state index contributed by atoms with van der Waals surface area (Å²) in [5, 5.41) is 6.89. The fraction of sp³-hybridized carbons (Fsp3) is 0.472. The molecular weight excluding hydrogens is 573 g/mol. The van der Waals surface area contributed by atoms with Crippen LogP contribution in [0.2, 0.25) is 0 Å². The Kier molecular flexibility index (Phi) is 10.2. The summed E-state index contributed by atoms with van der Waals surface area (Å²) in [6.07, 6.45) is 9.10. The lowest BCUT2D eigenvalue weighted by Gasteiger charge is -2.28. The third-order valence-electron chi connectivity index (χ3n) is 9.05. The molecule has 0 aliphatic heterocycles. The number of amides is 1. The molecule has 8 heteroatoms. The molecule has 1 fully saturated rings. The molecule has 0 unspecified atom stereocenters. The average Bonchev–Trinajstić information content (AvgIpc) is 3.00. The van der Waals surface area contributed by atoms with Crippen LogP contribution in [0.1, 0.15) is 112 Å². The monoisotopic (exact) mass is 619 g/mol. The van der Waals surface area contributed by atoms with Crippen LogP contribution in [0.3, 0.4) is 0 Å². The predicted molar refractivity (Wildman–Crippen MR) is 173 cm³/mol. The highest BCUT2D eigenvalue weighted by molar-refractivity contribution is 7.89. The zero-order valence-corrected chi connectivity index (χ0v) is 27.0. The van der Waals surface area contributed by atoms with E-state index in [0.717, 1.165) is 36.9 Å². The molecule has 2 atom stereocenters. The molecule has 236 valence electrons. The minimum Gasteiger partial charge on any atom is -0.349 e. The molecule has 3 aromatic carbocycles. The number of sulfonamides is 1. The first-order chi connectivity index (χ1) is 21.0. The normalized spacial score (nSPS) is 18.4. The van der Waals surface area contributed by atoms with Crippen molar-refractivity contribution in [1.82, 2.24) is 15.4 Å². The molecule has 44 heavy (non-hydrogen) atoms. The van der Waals surface area contributed by atoms with Gasteiger partial charge in [0.05, 0.1) is 17.0 Å². The zero-order valence-electron chi connectivity index (χ0n) is 26.2. The molecule has 0 saturated heterocycles. The van der Waals surface area contributed by atoms with Crippen LogP contribution in [-0.4, -0.2) is 20.4 Å². The van der Waals surface area contributed by atoms with E-state index in [0.29, 0.717) is 11.6 Å². The molecule has 0 spiro atoms. The third kappa shape index (κ3) is 8.34. The molecule has 0 aromatic heterocycles. The Balaban J connectivity index is 1.28. The summed E-state index contributed by atoms with van der Waals surface area (Å²) in [5.74, 6) is -0.685. The Bertz CT molecular complexity index is 1530. The highest BCUT2D eigenvalue weighted by Crippen LogP contribution is 2.32. The number of rotatable bonds is 10. The fourth-order valence-corrected chi connectivity index (χ4v) is 7.67. The second kappa shape index (κ2) is 13.9. The van der Waals surface area contributed by atoms with Crippen LogP contribution in [-0.2, 0) is 33.2 Å². The van der Waals surface area contributed by atoms with Gasteiger partial charge in [0.1, 0.15) is 5.82 Å². The van der Waals surface area contributed by atoms with Crippen molar-refractivity contribution in [1.29, 1.82) is 0 Å². The zero-order chi connectivity index (χ0) is 31.3. The van der Waals surface area contributed by atoms with Crippen LogP contribution in [0.15, 0.2) is 71.6 Å². The summed E-state index contributed by atoms with van der Waals surface area (Å²) in [6.45, 7) is 7.05. The molecule has 0 radical (unpaired) electrons. The first-order valence-corrected chi connectivity index (χ1v) is 17.5. The summed E-state index contributed by atoms with van der Waals surface area (Å²) in [4.78, 5) is 13.6. The smallest absolute Gasteiger partial charge is 0.241 e. The van der Waals surface area contributed by atoms with Gasteiger partial charge in [-0.15, -0.1) is 0 Å². The number of hydrogen-bond donors (Lipinski definition) is 3. The van der Waals surface area contributed by atoms with Crippen LogP contribution in [0.25, 0.3) is 0 Å². The number of carbonyl (C=O) groups is 1. The molecule has 1 amide bonds. The fourth-order valence-electron chi connectivity index (χ4n) is 6.45. The summed E-state index contributed by atoms with van der Waals surface area (Å²) >= 11 is 0. The lowest BCUT2D eigenvalue weighted by atomic mass is 9.86. The van der Waals surface area contributed by atoms with Gasteiger partial charge in [-0.05, 0) is 89.6 Å². The van der Waals surface area contributed by atoms with E-state index in [1.165, 1.54) is 67.5 Å². The standard InChI is InChI=1S/C36H46FN3O3S/c1-36(2,3)28-15-19-31(20-16-28)44(42,43)40-34(26-13-17-29(37)18-14-26)23-35(41)39-33-11-7-8-27-22-25(12-21-32(27)33)24-38-30-9-5-4-6-10-30/h12-22,30,33-34,38,40H,4-11,23-24H2,1-3H3,(H,39,41)/t33-,34-/m1/s1. The minimum atomic E-state index is -3.96. The first-order valence-electron chi connectivity index (χ1n) is 16.0. The van der Waals surface area contributed by atoms with Crippen molar-refractivity contribution in [2.24, 2.45) is 0 Å². The van der Waals surface area contributed by atoms with Crippen LogP contribution in [0, 0.1) is 5.82 Å². The number of carbonyl (C=O) groups excluding carboxylic acids is 1. The molecule has 2 aliphatic rings. The molecule has 0 heterocycles. The van der Waals surface area contributed by atoms with Gasteiger partial charge in [0, 0.05) is 19.0 Å². The number of aryl methyl sites for hydroxylation is 1. The van der Waals surface area contributed by atoms with E-state index in [1.807, 2.05) is 12.1 Å². The highest BCUT2D eigenvalue weighted by atomic mass is 32.2. The van der Waals surface area contributed by atoms with Crippen molar-refractivity contribution in [2.45, 2.75) is 114 Å². The van der Waals surface area contributed by atoms with Crippen LogP contribution in [0.4, 0.5) is 4.39 Å². The topological polar surface area (TPSA) is 87.3 Å². The summed E-state index contributed by atoms with van der Waals surface area (Å²) in [5.41, 5.74) is 5.09. The Labute approximate surface area is 262 Å². The van der Waals surface area contributed by atoms with Crippen molar-refractivity contribution in [3.63, 3.8) is 0 Å². The molecule has 5 rings (SSSR count). The van der Waals surface area contributed by atoms with Gasteiger partial charge in [-0.1, -0.05) is 82.5 Å². The third-order valence-corrected chi connectivity index (χ3v) is 10.5. The summed E-state index contributed by atoms with van der Waals surface area (Å²) < 4.78 is 43.4. The molecular formula is C36H46FN3O3S. The van der Waals surface area contributed by atoms with Crippen molar-refractivity contribution in [3.05, 3.63) is 100 Å². The Hall–Kier alpha value is -3.07. The lowest BCUT2D eigenvalue weighted by Crippen LogP contribution is -2.36. The number of fused-ring (bicyclic) bond motifs is 1. The molecule has 0 bridgehead atoms. The average molecular weight is 620 g/mol. The number of nitrogens with one attached hydrogen (secondary N) is 3. The molecule has 2 aliphatic carbocycles. The van der Waals surface area contributed by atoms with Crippen molar-refractivity contribution >= 4 is 15.9 Å². The van der Waals surface area contributed by atoms with Crippen molar-refractivity contribution in [2.75, 3.05) is 0 Å². The summed E-state index contributed by atoms with van der Waals surface area (Å²) in [7, 11) is -3.96. The Morgan fingerprint density at radius 3 is 2.30 bits per heavy atom. The van der Waals surface area contributed by atoms with E-state index < -0.39 is 21.9 Å². The lowest BCUT2D eigenvalue weighted by molar-refractivity contribution is -0.122. The van der Waals surface area contributed by atoms with Gasteiger partial charge in [0.25, 0.3) is 0 Å². The minimum absolute atomic E-state index is 0.111. The Morgan fingerprint density at radius 2 is 1.61 bits per heavy atom. The van der Waals surface area contributed by atoms with Gasteiger partial charge >= 0.3 is 0 Å². The van der Waals surface area contributed by atoms with E-state index in [2.05, 4.69) is 54.3 Å². The second-order valence-corrected chi connectivity index (χ2v) is 15.2. The van der Waals surface area contributed by atoms with Gasteiger partial charge < -0.3 is 10.6 Å². The second-order valence-electron chi connectivity index (χ2n) is 13.5. The summed E-state index contributed by atoms with van der Waals surface area (Å²) in [6, 6.07) is 18.6. The van der Waals surface area contributed by atoms with Crippen molar-refractivity contribution in [3.8, 4) is 0 Å². The van der Waals surface area contributed by atoms with Crippen LogP contribution >= 0.6 is 0 Å². The van der Waals surface area contributed by atoms with Gasteiger partial charge in [0.15, 0.2) is 0 Å². The van der Waals surface area contributed by atoms with E-state index >= 15 is 0 Å². The van der Waals surface area contributed by atoms with E-state index in [4.69, 9.17) is 0 Å². The van der Waals surface area contributed by atoms with Crippen LogP contribution < -0.4 is 15.4 Å². The van der Waals surface area contributed by atoms with Gasteiger partial charge in [-0.25, -0.2) is 17.5 Å². The molecule has 3 N–H and O–H groups in total. The maximum atomic E-state index is 13.7. The largest absolute Gasteiger partial charge is 0.349 e. The van der Waals surface area contributed by atoms with Gasteiger partial charge in [-0.3, -0.25) is 4.79 Å². The molecule has 1 saturated carbocycles. The first kappa shape index (κ1) is 32.3. The maximum absolute atomic E-state index is 13.7. The Morgan fingerprint density at radius 1 is 0.909 bits per heavy atom. The van der Waals surface area contributed by atoms with E-state index in [-0.39, 0.29) is 28.7 Å². The van der Waals surface area contributed by atoms with E-state index in [1.54, 1.807) is 12.1 Å². The molecule has 3 aromatic rings. The highest BCUT2D eigenvalue weighted by Gasteiger charge is 2.27. The van der Waals surface area contributed by atoms with Crippen molar-refractivity contribution < 1.29 is 17.6 Å². The SMILES string of the molecule is CC(C)(C)c1ccc(S(=O)(=O)N[C@H](CC(=O)N[C@@H]2CCCc3cc(CNC4CCCCC4)ccc32)c2ccc(F)cc2)cc1. The van der Waals surface area contributed by atoms with Gasteiger partial charge in [-0.2, -0.15) is 0 Å². The number of halogens is 1. The van der Waals surface area contributed by atoms with Crippen LogP contribution in [0.5, 0.6) is 0 Å². The number of benzene rings is 3.